The molecule has 0 saturated carbocycles. The molecule has 8 nitrogen and oxygen atoms in total. The lowest BCUT2D eigenvalue weighted by Crippen LogP contribution is -2.36. The van der Waals surface area contributed by atoms with E-state index < -0.39 is 16.1 Å². The Hall–Kier alpha value is -3.92. The summed E-state index contributed by atoms with van der Waals surface area (Å²) in [5.74, 6) is 1.13. The van der Waals surface area contributed by atoms with Crippen LogP contribution in [0.3, 0.4) is 0 Å². The number of nitrogens with one attached hydrogen (secondary N) is 2. The van der Waals surface area contributed by atoms with E-state index in [0.717, 1.165) is 41.7 Å². The molecule has 2 N–H and O–H groups in total. The van der Waals surface area contributed by atoms with E-state index in [4.69, 9.17) is 9.47 Å². The summed E-state index contributed by atoms with van der Waals surface area (Å²) in [7, 11) is -2.40. The topological polar surface area (TPSA) is 97.0 Å². The zero-order valence-corrected chi connectivity index (χ0v) is 25.8. The number of fused-ring (bicyclic) bond motifs is 2. The van der Waals surface area contributed by atoms with Crippen molar-refractivity contribution in [3.8, 4) is 11.5 Å². The van der Waals surface area contributed by atoms with Crippen molar-refractivity contribution in [3.05, 3.63) is 102 Å². The summed E-state index contributed by atoms with van der Waals surface area (Å²) in [6, 6.07) is 25.0. The third kappa shape index (κ3) is 7.07. The number of amides is 1. The Morgan fingerprint density at radius 2 is 1.77 bits per heavy atom. The molecule has 1 fully saturated rings. The molecule has 0 radical (unpaired) electrons. The van der Waals surface area contributed by atoms with Crippen molar-refractivity contribution in [3.63, 3.8) is 0 Å². The lowest BCUT2D eigenvalue weighted by Gasteiger charge is -2.29. The van der Waals surface area contributed by atoms with E-state index >= 15 is 0 Å². The Bertz CT molecular complexity index is 1740. The highest BCUT2D eigenvalue weighted by molar-refractivity contribution is 7.89. The maximum Gasteiger partial charge on any atom is 0.241 e. The summed E-state index contributed by atoms with van der Waals surface area (Å²) in [5.41, 5.74) is 2.79. The monoisotopic (exact) mass is 613 g/mol. The largest absolute Gasteiger partial charge is 0.497 e. The first-order valence-corrected chi connectivity index (χ1v) is 16.8. The van der Waals surface area contributed by atoms with Crippen LogP contribution < -0.4 is 19.5 Å². The average Bonchev–Trinajstić information content (AvgIpc) is 3.04. The van der Waals surface area contributed by atoms with E-state index in [1.807, 2.05) is 24.3 Å². The van der Waals surface area contributed by atoms with Crippen molar-refractivity contribution < 1.29 is 22.7 Å². The van der Waals surface area contributed by atoms with Crippen LogP contribution in [0.4, 0.5) is 0 Å². The van der Waals surface area contributed by atoms with Gasteiger partial charge in [0.05, 0.1) is 30.7 Å². The quantitative estimate of drug-likeness (QED) is 0.232. The van der Waals surface area contributed by atoms with Crippen molar-refractivity contribution in [1.29, 1.82) is 0 Å². The molecule has 2 aliphatic rings. The molecule has 0 aliphatic carbocycles. The maximum absolute atomic E-state index is 13.6. The Morgan fingerprint density at radius 3 is 2.59 bits per heavy atom. The first-order chi connectivity index (χ1) is 21.4. The standard InChI is InChI=1S/C35H39N3O5S/c1-42-29-11-7-10-28(21-29)33(37-44(40,41)30-14-13-26-8-3-4-9-27(26)22-30)23-35(39)36-32-16-19-43-34-20-25(12-15-31(32)34)24-38-17-5-2-6-18-38/h3-4,7-15,20-22,32-33,37H,2,5-6,16-19,23-24H2,1H3,(H,36,39). The molecule has 2 aliphatic heterocycles. The summed E-state index contributed by atoms with van der Waals surface area (Å²) in [6.07, 6.45) is 4.33. The number of hydrogen-bond donors (Lipinski definition) is 2. The molecule has 0 bridgehead atoms. The molecule has 4 aromatic rings. The molecule has 4 aromatic carbocycles. The first kappa shape index (κ1) is 30.1. The van der Waals surface area contributed by atoms with Gasteiger partial charge in [-0.3, -0.25) is 9.69 Å². The van der Waals surface area contributed by atoms with Crippen LogP contribution >= 0.6 is 0 Å². The van der Waals surface area contributed by atoms with Crippen LogP contribution in [0.5, 0.6) is 11.5 Å². The lowest BCUT2D eigenvalue weighted by molar-refractivity contribution is -0.122. The van der Waals surface area contributed by atoms with E-state index in [1.54, 1.807) is 49.6 Å². The molecule has 1 amide bonds. The van der Waals surface area contributed by atoms with Gasteiger partial charge in [0.15, 0.2) is 0 Å². The smallest absolute Gasteiger partial charge is 0.241 e. The first-order valence-electron chi connectivity index (χ1n) is 15.3. The fourth-order valence-corrected chi connectivity index (χ4v) is 7.43. The number of piperidine rings is 1. The predicted octanol–water partition coefficient (Wildman–Crippen LogP) is 5.88. The molecule has 2 heterocycles. The lowest BCUT2D eigenvalue weighted by atomic mass is 9.97. The minimum atomic E-state index is -3.96. The van der Waals surface area contributed by atoms with Gasteiger partial charge in [-0.1, -0.05) is 61.0 Å². The molecule has 44 heavy (non-hydrogen) atoms. The van der Waals surface area contributed by atoms with Crippen molar-refractivity contribution in [2.24, 2.45) is 0 Å². The molecule has 2 atom stereocenters. The van der Waals surface area contributed by atoms with Crippen molar-refractivity contribution in [1.82, 2.24) is 14.9 Å². The second kappa shape index (κ2) is 13.4. The number of likely N-dealkylation sites (tertiary alicyclic amines) is 1. The van der Waals surface area contributed by atoms with Crippen LogP contribution in [-0.4, -0.2) is 46.0 Å². The zero-order chi connectivity index (χ0) is 30.5. The third-order valence-electron chi connectivity index (χ3n) is 8.52. The number of carbonyl (C=O) groups is 1. The van der Waals surface area contributed by atoms with Gasteiger partial charge in [0, 0.05) is 24.9 Å². The maximum atomic E-state index is 13.6. The molecule has 230 valence electrons. The van der Waals surface area contributed by atoms with Crippen LogP contribution in [-0.2, 0) is 21.4 Å². The summed E-state index contributed by atoms with van der Waals surface area (Å²) in [6.45, 7) is 3.64. The van der Waals surface area contributed by atoms with Gasteiger partial charge in [-0.15, -0.1) is 0 Å². The number of nitrogens with zero attached hydrogens (tertiary/aromatic N) is 1. The van der Waals surface area contributed by atoms with Gasteiger partial charge >= 0.3 is 0 Å². The number of carbonyl (C=O) groups excluding carboxylic acids is 1. The van der Waals surface area contributed by atoms with E-state index in [9.17, 15) is 13.2 Å². The molecule has 9 heteroatoms. The molecular formula is C35H39N3O5S. The molecule has 6 rings (SSSR count). The van der Waals surface area contributed by atoms with Crippen molar-refractivity contribution in [2.45, 2.75) is 55.6 Å². The fourth-order valence-electron chi connectivity index (χ4n) is 6.17. The van der Waals surface area contributed by atoms with E-state index in [2.05, 4.69) is 33.1 Å². The number of methoxy groups -OCH3 is 1. The van der Waals surface area contributed by atoms with Gasteiger partial charge in [0.1, 0.15) is 11.5 Å². The van der Waals surface area contributed by atoms with E-state index in [1.165, 1.54) is 24.8 Å². The van der Waals surface area contributed by atoms with Crippen LogP contribution in [0.15, 0.2) is 89.8 Å². The Balaban J connectivity index is 1.20. The van der Waals surface area contributed by atoms with Gasteiger partial charge in [-0.2, -0.15) is 0 Å². The Kier molecular flexibility index (Phi) is 9.16. The second-order valence-electron chi connectivity index (χ2n) is 11.6. The SMILES string of the molecule is COc1cccc(C(CC(=O)NC2CCOc3cc(CN4CCCCC4)ccc32)NS(=O)(=O)c2ccc3ccccc3c2)c1. The number of hydrogen-bond acceptors (Lipinski definition) is 6. The highest BCUT2D eigenvalue weighted by Crippen LogP contribution is 2.34. The van der Waals surface area contributed by atoms with Crippen molar-refractivity contribution in [2.75, 3.05) is 26.8 Å². The van der Waals surface area contributed by atoms with Gasteiger partial charge < -0.3 is 14.8 Å². The number of ether oxygens (including phenoxy) is 2. The third-order valence-corrected chi connectivity index (χ3v) is 9.99. The minimum Gasteiger partial charge on any atom is -0.497 e. The summed E-state index contributed by atoms with van der Waals surface area (Å²) >= 11 is 0. The van der Waals surface area contributed by atoms with Gasteiger partial charge in [-0.25, -0.2) is 13.1 Å². The Morgan fingerprint density at radius 1 is 0.955 bits per heavy atom. The molecule has 0 aromatic heterocycles. The van der Waals surface area contributed by atoms with Crippen molar-refractivity contribution >= 4 is 26.7 Å². The number of benzene rings is 4. The van der Waals surface area contributed by atoms with Crippen LogP contribution in [0.2, 0.25) is 0 Å². The van der Waals surface area contributed by atoms with E-state index in [0.29, 0.717) is 24.3 Å². The molecule has 1 saturated heterocycles. The summed E-state index contributed by atoms with van der Waals surface area (Å²) in [5, 5.41) is 4.93. The predicted molar refractivity (Wildman–Crippen MR) is 171 cm³/mol. The van der Waals surface area contributed by atoms with Gasteiger partial charge in [0.25, 0.3) is 0 Å². The average molecular weight is 614 g/mol. The molecule has 2 unspecified atom stereocenters. The van der Waals surface area contributed by atoms with Crippen LogP contribution in [0.25, 0.3) is 10.8 Å². The summed E-state index contributed by atoms with van der Waals surface area (Å²) < 4.78 is 41.5. The van der Waals surface area contributed by atoms with E-state index in [-0.39, 0.29) is 23.3 Å². The second-order valence-corrected chi connectivity index (χ2v) is 13.3. The summed E-state index contributed by atoms with van der Waals surface area (Å²) in [4.78, 5) is 16.2. The highest BCUT2D eigenvalue weighted by Gasteiger charge is 2.28. The van der Waals surface area contributed by atoms with Crippen LogP contribution in [0.1, 0.15) is 60.9 Å². The van der Waals surface area contributed by atoms with Gasteiger partial charge in [0.2, 0.25) is 15.9 Å². The van der Waals surface area contributed by atoms with Gasteiger partial charge in [-0.05, 0) is 78.2 Å². The number of sulfonamides is 1. The fraction of sp³-hybridized carbons (Fsp3) is 0.343. The molecular weight excluding hydrogens is 574 g/mol. The minimum absolute atomic E-state index is 0.0836. The normalized spacial score (nSPS) is 17.8. The zero-order valence-electron chi connectivity index (χ0n) is 25.0. The number of rotatable bonds is 10. The van der Waals surface area contributed by atoms with Crippen LogP contribution in [0, 0.1) is 0 Å². The Labute approximate surface area is 259 Å². The highest BCUT2D eigenvalue weighted by atomic mass is 32.2. The molecule has 0 spiro atoms.